The molecule has 0 aliphatic rings. The van der Waals surface area contributed by atoms with Crippen molar-refractivity contribution in [3.05, 3.63) is 56.6 Å². The summed E-state index contributed by atoms with van der Waals surface area (Å²) in [6.07, 6.45) is 0. The lowest BCUT2D eigenvalue weighted by atomic mass is 10.2. The van der Waals surface area contributed by atoms with Gasteiger partial charge in [-0.25, -0.2) is 0 Å². The number of nitro benzene ring substituents is 1. The summed E-state index contributed by atoms with van der Waals surface area (Å²) in [5, 5.41) is 11.4. The van der Waals surface area contributed by atoms with Gasteiger partial charge in [0.2, 0.25) is 0 Å². The second-order valence-corrected chi connectivity index (χ2v) is 4.51. The third-order valence-corrected chi connectivity index (χ3v) is 2.99. The van der Waals surface area contributed by atoms with Gasteiger partial charge in [-0.15, -0.1) is 0 Å². The molecule has 0 radical (unpaired) electrons. The summed E-state index contributed by atoms with van der Waals surface area (Å²) < 4.78 is 5.46. The summed E-state index contributed by atoms with van der Waals surface area (Å²) in [6.45, 7) is 0. The lowest BCUT2D eigenvalue weighted by molar-refractivity contribution is -0.384. The molecule has 0 saturated heterocycles. The molecule has 5 nitrogen and oxygen atoms in total. The van der Waals surface area contributed by atoms with Gasteiger partial charge in [0.25, 0.3) is 5.69 Å². The van der Waals surface area contributed by atoms with Crippen molar-refractivity contribution in [2.24, 2.45) is 0 Å². The molecule has 0 saturated carbocycles. The monoisotopic (exact) mass is 298 g/mol. The molecule has 2 aromatic rings. The molecule has 0 aromatic heterocycles. The molecule has 2 N–H and O–H groups in total. The van der Waals surface area contributed by atoms with E-state index in [1.807, 2.05) is 0 Å². The number of nitro groups is 1. The van der Waals surface area contributed by atoms with E-state index in [9.17, 15) is 10.1 Å². The van der Waals surface area contributed by atoms with E-state index < -0.39 is 4.92 Å². The third-order valence-electron chi connectivity index (χ3n) is 2.25. The van der Waals surface area contributed by atoms with Crippen molar-refractivity contribution in [1.82, 2.24) is 0 Å². The van der Waals surface area contributed by atoms with Crippen molar-refractivity contribution in [3.8, 4) is 11.5 Å². The second kappa shape index (κ2) is 5.34. The molecule has 2 rings (SSSR count). The fourth-order valence-electron chi connectivity index (χ4n) is 1.45. The average molecular weight is 299 g/mol. The van der Waals surface area contributed by atoms with Crippen LogP contribution in [0.25, 0.3) is 0 Å². The molecule has 0 aliphatic heterocycles. The van der Waals surface area contributed by atoms with Gasteiger partial charge in [0.15, 0.2) is 0 Å². The number of nitrogens with zero attached hydrogens (tertiary/aromatic N) is 1. The van der Waals surface area contributed by atoms with E-state index >= 15 is 0 Å². The van der Waals surface area contributed by atoms with Crippen LogP contribution in [0, 0.1) is 10.1 Å². The fraction of sp³-hybridized carbons (Fsp3) is 0. The maximum Gasteiger partial charge on any atom is 0.275 e. The van der Waals surface area contributed by atoms with Crippen LogP contribution >= 0.6 is 23.2 Å². The van der Waals surface area contributed by atoms with Gasteiger partial charge in [-0.1, -0.05) is 23.2 Å². The highest BCUT2D eigenvalue weighted by Gasteiger charge is 2.10. The Bertz CT molecular complexity index is 647. The maximum absolute atomic E-state index is 10.7. The van der Waals surface area contributed by atoms with E-state index in [1.54, 1.807) is 12.1 Å². The zero-order valence-electron chi connectivity index (χ0n) is 9.47. The molecular weight excluding hydrogens is 291 g/mol. The van der Waals surface area contributed by atoms with Crippen LogP contribution in [0.15, 0.2) is 36.4 Å². The number of rotatable bonds is 3. The van der Waals surface area contributed by atoms with Gasteiger partial charge in [0, 0.05) is 23.9 Å². The number of halogens is 2. The minimum absolute atomic E-state index is 0.143. The van der Waals surface area contributed by atoms with Crippen LogP contribution in [0.1, 0.15) is 0 Å². The number of nitrogen functional groups attached to an aromatic ring is 1. The topological polar surface area (TPSA) is 78.4 Å². The highest BCUT2D eigenvalue weighted by Crippen LogP contribution is 2.31. The Labute approximate surface area is 118 Å². The van der Waals surface area contributed by atoms with Crippen molar-refractivity contribution >= 4 is 34.6 Å². The minimum atomic E-state index is -0.544. The van der Waals surface area contributed by atoms with Gasteiger partial charge < -0.3 is 10.5 Å². The van der Waals surface area contributed by atoms with E-state index in [-0.39, 0.29) is 17.1 Å². The zero-order valence-corrected chi connectivity index (χ0v) is 11.0. The van der Waals surface area contributed by atoms with E-state index in [0.29, 0.717) is 15.8 Å². The molecule has 7 heteroatoms. The molecule has 0 aliphatic carbocycles. The molecule has 98 valence electrons. The SMILES string of the molecule is Nc1cc(Oc2ccc(Cl)c(Cl)c2)cc([N+](=O)[O-])c1. The molecule has 0 amide bonds. The van der Waals surface area contributed by atoms with Crippen LogP contribution in [0.5, 0.6) is 11.5 Å². The summed E-state index contributed by atoms with van der Waals surface area (Å²) in [4.78, 5) is 10.2. The van der Waals surface area contributed by atoms with Crippen molar-refractivity contribution < 1.29 is 9.66 Å². The zero-order chi connectivity index (χ0) is 14.0. The average Bonchev–Trinajstić information content (AvgIpc) is 2.33. The van der Waals surface area contributed by atoms with E-state index in [2.05, 4.69) is 0 Å². The number of ether oxygens (including phenoxy) is 1. The molecule has 2 aromatic carbocycles. The Morgan fingerprint density at radius 3 is 2.42 bits per heavy atom. The van der Waals surface area contributed by atoms with Crippen LogP contribution in [-0.4, -0.2) is 4.92 Å². The molecular formula is C12H8Cl2N2O3. The molecule has 0 heterocycles. The first kappa shape index (κ1) is 13.5. The lowest BCUT2D eigenvalue weighted by Gasteiger charge is -2.07. The van der Waals surface area contributed by atoms with Gasteiger partial charge in [-0.05, 0) is 12.1 Å². The van der Waals surface area contributed by atoms with Gasteiger partial charge in [-0.2, -0.15) is 0 Å². The fourth-order valence-corrected chi connectivity index (χ4v) is 1.73. The van der Waals surface area contributed by atoms with Gasteiger partial charge in [-0.3, -0.25) is 10.1 Å². The Kier molecular flexibility index (Phi) is 3.78. The molecule has 0 fully saturated rings. The van der Waals surface area contributed by atoms with Crippen LogP contribution < -0.4 is 10.5 Å². The summed E-state index contributed by atoms with van der Waals surface area (Å²) in [6, 6.07) is 8.69. The first-order valence-corrected chi connectivity index (χ1v) is 5.89. The largest absolute Gasteiger partial charge is 0.457 e. The summed E-state index contributed by atoms with van der Waals surface area (Å²) >= 11 is 11.6. The van der Waals surface area contributed by atoms with Crippen LogP contribution in [0.3, 0.4) is 0 Å². The van der Waals surface area contributed by atoms with Crippen molar-refractivity contribution in [3.63, 3.8) is 0 Å². The number of hydrogen-bond donors (Lipinski definition) is 1. The quantitative estimate of drug-likeness (QED) is 0.521. The van der Waals surface area contributed by atoms with Crippen molar-refractivity contribution in [2.45, 2.75) is 0 Å². The first-order valence-electron chi connectivity index (χ1n) is 5.13. The smallest absolute Gasteiger partial charge is 0.275 e. The van der Waals surface area contributed by atoms with Crippen LogP contribution in [-0.2, 0) is 0 Å². The number of anilines is 1. The maximum atomic E-state index is 10.7. The minimum Gasteiger partial charge on any atom is -0.457 e. The van der Waals surface area contributed by atoms with E-state index in [4.69, 9.17) is 33.7 Å². The molecule has 0 atom stereocenters. The Morgan fingerprint density at radius 1 is 1.05 bits per heavy atom. The Hall–Kier alpha value is -1.98. The Balaban J connectivity index is 2.32. The standard InChI is InChI=1S/C12H8Cl2N2O3/c13-11-2-1-9(6-12(11)14)19-10-4-7(15)3-8(5-10)16(17)18/h1-6H,15H2. The van der Waals surface area contributed by atoms with Crippen molar-refractivity contribution in [2.75, 3.05) is 5.73 Å². The number of non-ortho nitro benzene ring substituents is 1. The predicted octanol–water partition coefficient (Wildman–Crippen LogP) is 4.28. The van der Waals surface area contributed by atoms with E-state index in [0.717, 1.165) is 0 Å². The van der Waals surface area contributed by atoms with Crippen molar-refractivity contribution in [1.29, 1.82) is 0 Å². The molecule has 0 bridgehead atoms. The van der Waals surface area contributed by atoms with Gasteiger partial charge in [0.05, 0.1) is 21.0 Å². The molecule has 0 spiro atoms. The molecule has 0 unspecified atom stereocenters. The highest BCUT2D eigenvalue weighted by molar-refractivity contribution is 6.42. The summed E-state index contributed by atoms with van der Waals surface area (Å²) in [5.74, 6) is 0.666. The number of hydrogen-bond acceptors (Lipinski definition) is 4. The van der Waals surface area contributed by atoms with Gasteiger partial charge in [0.1, 0.15) is 11.5 Å². The van der Waals surface area contributed by atoms with Crippen LogP contribution in [0.4, 0.5) is 11.4 Å². The van der Waals surface area contributed by atoms with Gasteiger partial charge >= 0.3 is 0 Å². The Morgan fingerprint density at radius 2 is 1.79 bits per heavy atom. The first-order chi connectivity index (χ1) is 8.95. The third kappa shape index (κ3) is 3.27. The summed E-state index contributed by atoms with van der Waals surface area (Å²) in [5.41, 5.74) is 5.67. The summed E-state index contributed by atoms with van der Waals surface area (Å²) in [7, 11) is 0. The lowest BCUT2D eigenvalue weighted by Crippen LogP contribution is -1.93. The number of nitrogens with two attached hydrogens (primary N) is 1. The highest BCUT2D eigenvalue weighted by atomic mass is 35.5. The van der Waals surface area contributed by atoms with Crippen LogP contribution in [0.2, 0.25) is 10.0 Å². The second-order valence-electron chi connectivity index (χ2n) is 3.70. The van der Waals surface area contributed by atoms with E-state index in [1.165, 1.54) is 24.3 Å². The normalized spacial score (nSPS) is 10.2. The number of benzene rings is 2. The predicted molar refractivity (Wildman–Crippen MR) is 74.0 cm³/mol. The molecule has 19 heavy (non-hydrogen) atoms.